The van der Waals surface area contributed by atoms with Gasteiger partial charge < -0.3 is 19.4 Å². The van der Waals surface area contributed by atoms with E-state index >= 15 is 0 Å². The van der Waals surface area contributed by atoms with E-state index < -0.39 is 6.09 Å². The summed E-state index contributed by atoms with van der Waals surface area (Å²) in [5.41, 5.74) is 5.98. The van der Waals surface area contributed by atoms with E-state index in [1.165, 1.54) is 22.3 Å². The normalized spacial score (nSPS) is 16.9. The van der Waals surface area contributed by atoms with E-state index in [1.54, 1.807) is 0 Å². The number of nitrogens with one attached hydrogen (secondary N) is 1. The van der Waals surface area contributed by atoms with Crippen molar-refractivity contribution in [2.75, 3.05) is 13.2 Å². The van der Waals surface area contributed by atoms with Crippen molar-refractivity contribution < 1.29 is 18.8 Å². The van der Waals surface area contributed by atoms with Gasteiger partial charge in [0.05, 0.1) is 11.2 Å². The lowest BCUT2D eigenvalue weighted by Crippen LogP contribution is -2.41. The van der Waals surface area contributed by atoms with Crippen LogP contribution in [0, 0.1) is 11.8 Å². The van der Waals surface area contributed by atoms with Crippen LogP contribution in [0.25, 0.3) is 11.1 Å². The monoisotopic (exact) mass is 493 g/mol. The first-order chi connectivity index (χ1) is 17.7. The van der Waals surface area contributed by atoms with Crippen molar-refractivity contribution in [1.29, 1.82) is 0 Å². The molecule has 0 radical (unpaired) electrons. The maximum atomic E-state index is 12.3. The third-order valence-corrected chi connectivity index (χ3v) is 7.53. The van der Waals surface area contributed by atoms with Gasteiger partial charge in [-0.1, -0.05) is 72.5 Å². The van der Waals surface area contributed by atoms with E-state index in [0.717, 1.165) is 11.0 Å². The van der Waals surface area contributed by atoms with Gasteiger partial charge in [0.1, 0.15) is 6.61 Å². The lowest BCUT2D eigenvalue weighted by atomic mass is 9.79. The Bertz CT molecular complexity index is 1290. The highest BCUT2D eigenvalue weighted by Gasteiger charge is 2.51. The van der Waals surface area contributed by atoms with Crippen molar-refractivity contribution in [2.24, 2.45) is 0 Å². The molecule has 2 aliphatic rings. The number of alkyl carbamates (subject to hydrolysis) is 1. The zero-order valence-electron chi connectivity index (χ0n) is 21.8. The lowest BCUT2D eigenvalue weighted by molar-refractivity contribution is 0.00578. The zero-order chi connectivity index (χ0) is 26.0. The van der Waals surface area contributed by atoms with Gasteiger partial charge in [-0.3, -0.25) is 0 Å². The molecule has 0 bridgehead atoms. The molecule has 0 saturated carbocycles. The van der Waals surface area contributed by atoms with Crippen LogP contribution in [-0.4, -0.2) is 37.6 Å². The average Bonchev–Trinajstić information content (AvgIpc) is 3.32. The molecule has 3 aromatic rings. The molecule has 6 heteroatoms. The number of amides is 1. The third-order valence-electron chi connectivity index (χ3n) is 7.53. The fourth-order valence-corrected chi connectivity index (χ4v) is 4.74. The summed E-state index contributed by atoms with van der Waals surface area (Å²) in [5.74, 6) is 6.31. The van der Waals surface area contributed by atoms with Crippen molar-refractivity contribution in [3.05, 3.63) is 89.5 Å². The predicted molar refractivity (Wildman–Crippen MR) is 147 cm³/mol. The SMILES string of the molecule is CC1(C)OB(c2ccc(C#CCCNC(=O)OCC3c4ccccc4-c4ccccc43)cc2)OC1(C)C. The van der Waals surface area contributed by atoms with Crippen molar-refractivity contribution in [3.63, 3.8) is 0 Å². The average molecular weight is 493 g/mol. The molecule has 0 aromatic heterocycles. The van der Waals surface area contributed by atoms with Gasteiger partial charge >= 0.3 is 13.2 Å². The molecule has 0 spiro atoms. The molecule has 3 aromatic carbocycles. The summed E-state index contributed by atoms with van der Waals surface area (Å²) < 4.78 is 17.8. The van der Waals surface area contributed by atoms with Crippen molar-refractivity contribution in [1.82, 2.24) is 5.32 Å². The first kappa shape index (κ1) is 25.1. The minimum Gasteiger partial charge on any atom is -0.449 e. The Morgan fingerprint density at radius 2 is 1.46 bits per heavy atom. The quantitative estimate of drug-likeness (QED) is 0.299. The Hall–Kier alpha value is -3.53. The number of carbonyl (C=O) groups excluding carboxylic acids is 1. The molecule has 5 rings (SSSR count). The summed E-state index contributed by atoms with van der Waals surface area (Å²) in [5, 5.41) is 2.81. The first-order valence-corrected chi connectivity index (χ1v) is 12.8. The molecule has 1 heterocycles. The maximum absolute atomic E-state index is 12.3. The van der Waals surface area contributed by atoms with Crippen LogP contribution in [0.3, 0.4) is 0 Å². The number of hydrogen-bond donors (Lipinski definition) is 1. The second-order valence-corrected chi connectivity index (χ2v) is 10.5. The van der Waals surface area contributed by atoms with Crippen LogP contribution in [0.4, 0.5) is 4.79 Å². The van der Waals surface area contributed by atoms with E-state index in [2.05, 4.69) is 41.4 Å². The summed E-state index contributed by atoms with van der Waals surface area (Å²) in [7, 11) is -0.381. The number of rotatable bonds is 5. The Morgan fingerprint density at radius 1 is 0.892 bits per heavy atom. The van der Waals surface area contributed by atoms with Gasteiger partial charge in [0.2, 0.25) is 0 Å². The van der Waals surface area contributed by atoms with E-state index in [9.17, 15) is 4.79 Å². The second kappa shape index (κ2) is 10.1. The van der Waals surface area contributed by atoms with Crippen LogP contribution >= 0.6 is 0 Å². The molecule has 0 unspecified atom stereocenters. The highest BCUT2D eigenvalue weighted by molar-refractivity contribution is 6.62. The summed E-state index contributed by atoms with van der Waals surface area (Å²) in [4.78, 5) is 12.3. The van der Waals surface area contributed by atoms with Gasteiger partial charge in [0.25, 0.3) is 0 Å². The van der Waals surface area contributed by atoms with E-state index in [1.807, 2.05) is 76.2 Å². The molecule has 1 aliphatic heterocycles. The van der Waals surface area contributed by atoms with Crippen LogP contribution in [0.2, 0.25) is 0 Å². The molecular formula is C31H32BNO4. The number of hydrogen-bond acceptors (Lipinski definition) is 4. The lowest BCUT2D eigenvalue weighted by Gasteiger charge is -2.32. The summed E-state index contributed by atoms with van der Waals surface area (Å²) >= 11 is 0. The van der Waals surface area contributed by atoms with Crippen molar-refractivity contribution >= 4 is 18.7 Å². The Kier molecular flexibility index (Phi) is 6.85. The first-order valence-electron chi connectivity index (χ1n) is 12.8. The van der Waals surface area contributed by atoms with Gasteiger partial charge in [-0.15, -0.1) is 0 Å². The molecule has 188 valence electrons. The molecule has 1 fully saturated rings. The molecule has 1 saturated heterocycles. The molecule has 0 atom stereocenters. The van der Waals surface area contributed by atoms with Gasteiger partial charge in [-0.05, 0) is 67.5 Å². The fourth-order valence-electron chi connectivity index (χ4n) is 4.74. The Morgan fingerprint density at radius 3 is 2.05 bits per heavy atom. The number of benzene rings is 3. The molecular weight excluding hydrogens is 461 g/mol. The molecule has 1 N–H and O–H groups in total. The van der Waals surface area contributed by atoms with Crippen LogP contribution in [0.1, 0.15) is 56.7 Å². The Balaban J connectivity index is 1.08. The maximum Gasteiger partial charge on any atom is 0.494 e. The number of carbonyl (C=O) groups is 1. The third kappa shape index (κ3) is 5.16. The molecule has 1 amide bonds. The topological polar surface area (TPSA) is 56.8 Å². The summed E-state index contributed by atoms with van der Waals surface area (Å²) in [6, 6.07) is 24.5. The standard InChI is InChI=1S/C31H32BNO4/c1-30(2)31(3,4)37-32(36-30)23-18-16-22(17-19-23)11-9-10-20-33-29(34)35-21-28-26-14-7-5-12-24(26)25-13-6-8-15-27(25)28/h5-8,12-19,28H,10,20-21H2,1-4H3,(H,33,34). The van der Waals surface area contributed by atoms with Crippen molar-refractivity contribution in [2.45, 2.75) is 51.2 Å². The van der Waals surface area contributed by atoms with E-state index in [0.29, 0.717) is 19.6 Å². The summed E-state index contributed by atoms with van der Waals surface area (Å²) in [6.07, 6.45) is 0.110. The van der Waals surface area contributed by atoms with Gasteiger partial charge in [0, 0.05) is 24.4 Å². The van der Waals surface area contributed by atoms with Crippen LogP contribution < -0.4 is 10.8 Å². The second-order valence-electron chi connectivity index (χ2n) is 10.5. The van der Waals surface area contributed by atoms with Crippen LogP contribution in [-0.2, 0) is 14.0 Å². The van der Waals surface area contributed by atoms with Gasteiger partial charge in [0.15, 0.2) is 0 Å². The highest BCUT2D eigenvalue weighted by atomic mass is 16.7. The number of ether oxygens (including phenoxy) is 1. The zero-order valence-corrected chi connectivity index (χ0v) is 21.8. The van der Waals surface area contributed by atoms with Crippen molar-refractivity contribution in [3.8, 4) is 23.0 Å². The molecule has 5 nitrogen and oxygen atoms in total. The minimum absolute atomic E-state index is 0.0538. The van der Waals surface area contributed by atoms with Crippen LogP contribution in [0.5, 0.6) is 0 Å². The number of fused-ring (bicyclic) bond motifs is 3. The van der Waals surface area contributed by atoms with E-state index in [4.69, 9.17) is 14.0 Å². The largest absolute Gasteiger partial charge is 0.494 e. The minimum atomic E-state index is -0.421. The molecule has 37 heavy (non-hydrogen) atoms. The summed E-state index contributed by atoms with van der Waals surface area (Å²) in [6.45, 7) is 8.91. The Labute approximate surface area is 219 Å². The highest BCUT2D eigenvalue weighted by Crippen LogP contribution is 2.44. The van der Waals surface area contributed by atoms with Gasteiger partial charge in [-0.2, -0.15) is 0 Å². The van der Waals surface area contributed by atoms with Gasteiger partial charge in [-0.25, -0.2) is 4.79 Å². The van der Waals surface area contributed by atoms with Crippen LogP contribution in [0.15, 0.2) is 72.8 Å². The molecule has 1 aliphatic carbocycles. The smallest absolute Gasteiger partial charge is 0.449 e. The predicted octanol–water partition coefficient (Wildman–Crippen LogP) is 5.27. The van der Waals surface area contributed by atoms with E-state index in [-0.39, 0.29) is 24.2 Å². The fraction of sp³-hybridized carbons (Fsp3) is 0.323.